The average molecular weight is 504 g/mol. The lowest BCUT2D eigenvalue weighted by Crippen LogP contribution is -2.41. The highest BCUT2D eigenvalue weighted by molar-refractivity contribution is 6.36. The van der Waals surface area contributed by atoms with Gasteiger partial charge in [0, 0.05) is 17.0 Å². The number of ether oxygens (including phenoxy) is 4. The molecule has 0 N–H and O–H groups in total. The number of halogens is 5. The maximum atomic E-state index is 13.4. The van der Waals surface area contributed by atoms with E-state index in [2.05, 4.69) is 14.3 Å². The van der Waals surface area contributed by atoms with Crippen molar-refractivity contribution >= 4 is 41.4 Å². The van der Waals surface area contributed by atoms with Crippen molar-refractivity contribution in [1.29, 1.82) is 0 Å². The zero-order valence-electron chi connectivity index (χ0n) is 16.0. The second-order valence-electron chi connectivity index (χ2n) is 6.16. The number of carbonyl (C=O) groups is 2. The van der Waals surface area contributed by atoms with Gasteiger partial charge in [-0.1, -0.05) is 23.2 Å². The first kappa shape index (κ1) is 25.3. The minimum Gasteiger partial charge on any atom is -0.474 e. The predicted molar refractivity (Wildman–Crippen MR) is 100 cm³/mol. The highest BCUT2D eigenvalue weighted by Crippen LogP contribution is 2.42. The van der Waals surface area contributed by atoms with Gasteiger partial charge >= 0.3 is 18.3 Å². The van der Waals surface area contributed by atoms with Crippen LogP contribution < -0.4 is 4.74 Å². The van der Waals surface area contributed by atoms with Crippen molar-refractivity contribution in [3.63, 3.8) is 0 Å². The first-order chi connectivity index (χ1) is 14.9. The van der Waals surface area contributed by atoms with Gasteiger partial charge in [0.25, 0.3) is 5.09 Å². The van der Waals surface area contributed by atoms with Gasteiger partial charge in [-0.15, -0.1) is 10.1 Å². The molecular formula is C17H14Cl2F3NO9. The van der Waals surface area contributed by atoms with Crippen LogP contribution in [-0.2, 0) is 23.8 Å². The highest BCUT2D eigenvalue weighted by atomic mass is 35.5. The van der Waals surface area contributed by atoms with Gasteiger partial charge < -0.3 is 23.8 Å². The largest absolute Gasteiger partial charge is 0.511 e. The standard InChI is InChI=1S/C17H14Cl2F3NO9/c1-8(2-3-30-23(26)27)31-16(25)29-7-28-15(24)11-5-9-4-10(18)6-12(19)13(9)32-14(11)17(20,21)22/h4-6,8,14H,2-3,7H2,1H3/t8?,14-/m0/s1. The molecule has 0 saturated heterocycles. The molecule has 2 atom stereocenters. The zero-order valence-corrected chi connectivity index (χ0v) is 17.5. The number of alkyl halides is 3. The van der Waals surface area contributed by atoms with Crippen LogP contribution >= 0.6 is 23.2 Å². The predicted octanol–water partition coefficient (Wildman–Crippen LogP) is 4.34. The molecule has 1 aliphatic rings. The molecule has 2 rings (SSSR count). The molecule has 176 valence electrons. The second kappa shape index (κ2) is 10.6. The van der Waals surface area contributed by atoms with Crippen molar-refractivity contribution in [2.75, 3.05) is 13.4 Å². The van der Waals surface area contributed by atoms with Crippen LogP contribution in [0.3, 0.4) is 0 Å². The molecule has 1 unspecified atom stereocenters. The Kier molecular flexibility index (Phi) is 8.38. The molecule has 1 aliphatic heterocycles. The summed E-state index contributed by atoms with van der Waals surface area (Å²) in [5.41, 5.74) is -0.911. The lowest BCUT2D eigenvalue weighted by molar-refractivity contribution is -0.758. The van der Waals surface area contributed by atoms with Crippen molar-refractivity contribution in [2.24, 2.45) is 0 Å². The molecule has 1 aromatic carbocycles. The Balaban J connectivity index is 1.99. The summed E-state index contributed by atoms with van der Waals surface area (Å²) >= 11 is 11.7. The SMILES string of the molecule is CC(CCO[N+](=O)[O-])OC(=O)OCOC(=O)C1=Cc2cc(Cl)cc(Cl)c2O[C@@H]1C(F)(F)F. The summed E-state index contributed by atoms with van der Waals surface area (Å²) in [5.74, 6) is -1.79. The summed E-state index contributed by atoms with van der Waals surface area (Å²) < 4.78 is 58.8. The molecule has 0 radical (unpaired) electrons. The highest BCUT2D eigenvalue weighted by Gasteiger charge is 2.49. The van der Waals surface area contributed by atoms with E-state index in [1.807, 2.05) is 0 Å². The smallest absolute Gasteiger partial charge is 0.474 e. The number of nitrogens with zero attached hydrogens (tertiary/aromatic N) is 1. The Morgan fingerprint density at radius 3 is 2.59 bits per heavy atom. The van der Waals surface area contributed by atoms with Crippen LogP contribution in [0, 0.1) is 10.1 Å². The van der Waals surface area contributed by atoms with E-state index in [0.29, 0.717) is 0 Å². The number of hydrogen-bond acceptors (Lipinski definition) is 9. The van der Waals surface area contributed by atoms with Crippen LogP contribution in [-0.4, -0.2) is 49.0 Å². The van der Waals surface area contributed by atoms with Crippen LogP contribution in [0.2, 0.25) is 10.0 Å². The van der Waals surface area contributed by atoms with Crippen LogP contribution in [0.1, 0.15) is 18.9 Å². The maximum Gasteiger partial charge on any atom is 0.511 e. The van der Waals surface area contributed by atoms with Gasteiger partial charge in [-0.2, -0.15) is 13.2 Å². The quantitative estimate of drug-likeness (QED) is 0.220. The van der Waals surface area contributed by atoms with Crippen molar-refractivity contribution in [3.05, 3.63) is 43.4 Å². The minimum absolute atomic E-state index is 0.0149. The third-order valence-electron chi connectivity index (χ3n) is 3.78. The van der Waals surface area contributed by atoms with E-state index >= 15 is 0 Å². The van der Waals surface area contributed by atoms with Gasteiger partial charge in [-0.25, -0.2) is 9.59 Å². The number of carbonyl (C=O) groups excluding carboxylic acids is 2. The molecule has 0 amide bonds. The molecular weight excluding hydrogens is 490 g/mol. The lowest BCUT2D eigenvalue weighted by Gasteiger charge is -2.28. The van der Waals surface area contributed by atoms with E-state index in [1.54, 1.807) is 0 Å². The number of rotatable bonds is 8. The summed E-state index contributed by atoms with van der Waals surface area (Å²) in [4.78, 5) is 37.8. The van der Waals surface area contributed by atoms with Crippen LogP contribution in [0.15, 0.2) is 17.7 Å². The molecule has 1 aromatic rings. The molecule has 1 heterocycles. The van der Waals surface area contributed by atoms with E-state index in [0.717, 1.165) is 6.08 Å². The van der Waals surface area contributed by atoms with Crippen molar-refractivity contribution in [3.8, 4) is 5.75 Å². The zero-order chi connectivity index (χ0) is 24.1. The molecule has 0 spiro atoms. The molecule has 15 heteroatoms. The number of benzene rings is 1. The fourth-order valence-electron chi connectivity index (χ4n) is 2.41. The Morgan fingerprint density at radius 1 is 1.28 bits per heavy atom. The van der Waals surface area contributed by atoms with Crippen molar-refractivity contribution in [1.82, 2.24) is 0 Å². The number of hydrogen-bond donors (Lipinski definition) is 0. The summed E-state index contributed by atoms with van der Waals surface area (Å²) in [6, 6.07) is 2.41. The van der Waals surface area contributed by atoms with Crippen LogP contribution in [0.25, 0.3) is 6.08 Å². The minimum atomic E-state index is -4.99. The fraction of sp³-hybridized carbons (Fsp3) is 0.412. The monoisotopic (exact) mass is 503 g/mol. The summed E-state index contributed by atoms with van der Waals surface area (Å²) in [6.45, 7) is -0.0395. The fourth-order valence-corrected chi connectivity index (χ4v) is 2.96. The van der Waals surface area contributed by atoms with Crippen LogP contribution in [0.4, 0.5) is 18.0 Å². The van der Waals surface area contributed by atoms with Crippen LogP contribution in [0.5, 0.6) is 5.75 Å². The van der Waals surface area contributed by atoms with Crippen molar-refractivity contribution < 1.29 is 51.6 Å². The molecule has 0 saturated carbocycles. The summed E-state index contributed by atoms with van der Waals surface area (Å²) in [7, 11) is 0. The Bertz CT molecular complexity index is 923. The summed E-state index contributed by atoms with van der Waals surface area (Å²) in [6.07, 6.45) is -9.04. The average Bonchev–Trinajstić information content (AvgIpc) is 2.65. The normalized spacial score (nSPS) is 16.1. The first-order valence-corrected chi connectivity index (χ1v) is 9.36. The van der Waals surface area contributed by atoms with Gasteiger partial charge in [-0.05, 0) is 25.1 Å². The van der Waals surface area contributed by atoms with Gasteiger partial charge in [0.1, 0.15) is 11.9 Å². The van der Waals surface area contributed by atoms with Gasteiger partial charge in [0.2, 0.25) is 12.9 Å². The molecule has 0 aliphatic carbocycles. The van der Waals surface area contributed by atoms with E-state index < -0.39 is 48.0 Å². The van der Waals surface area contributed by atoms with Gasteiger partial charge in [0.15, 0.2) is 0 Å². The van der Waals surface area contributed by atoms with E-state index in [4.69, 9.17) is 32.7 Å². The Morgan fingerprint density at radius 2 is 1.97 bits per heavy atom. The molecule has 32 heavy (non-hydrogen) atoms. The van der Waals surface area contributed by atoms with Gasteiger partial charge in [-0.3, -0.25) is 0 Å². The second-order valence-corrected chi connectivity index (χ2v) is 7.01. The molecule has 0 bridgehead atoms. The van der Waals surface area contributed by atoms with Gasteiger partial charge in [0.05, 0.1) is 17.2 Å². The molecule has 0 fully saturated rings. The summed E-state index contributed by atoms with van der Waals surface area (Å²) in [5, 5.41) is 8.91. The molecule has 0 aromatic heterocycles. The lowest BCUT2D eigenvalue weighted by atomic mass is 10.0. The van der Waals surface area contributed by atoms with E-state index in [-0.39, 0.29) is 34.4 Å². The van der Waals surface area contributed by atoms with E-state index in [1.165, 1.54) is 19.1 Å². The van der Waals surface area contributed by atoms with E-state index in [9.17, 15) is 32.9 Å². The third kappa shape index (κ3) is 7.05. The Hall–Kier alpha value is -2.93. The maximum absolute atomic E-state index is 13.4. The molecule has 10 nitrogen and oxygen atoms in total. The van der Waals surface area contributed by atoms with Crippen molar-refractivity contribution in [2.45, 2.75) is 31.7 Å². The Labute approximate surface area is 187 Å². The number of fused-ring (bicyclic) bond motifs is 1. The first-order valence-electron chi connectivity index (χ1n) is 8.60. The number of esters is 1. The topological polar surface area (TPSA) is 123 Å². The third-order valence-corrected chi connectivity index (χ3v) is 4.28.